The molecule has 1 saturated carbocycles. The predicted molar refractivity (Wildman–Crippen MR) is 69.0 cm³/mol. The number of hydrogen-bond donors (Lipinski definition) is 0. The maximum Gasteiger partial charge on any atom is 0.190 e. The molecule has 0 bridgehead atoms. The predicted octanol–water partition coefficient (Wildman–Crippen LogP) is 3.80. The molecule has 0 atom stereocenters. The van der Waals surface area contributed by atoms with Crippen LogP contribution in [-0.4, -0.2) is 18.0 Å². The SMILES string of the molecule is CCOC1(C(=O)C2=CCCCC2)CCCCC1. The summed E-state index contributed by atoms with van der Waals surface area (Å²) in [5, 5.41) is 0. The Labute approximate surface area is 104 Å². The lowest BCUT2D eigenvalue weighted by Crippen LogP contribution is -2.44. The van der Waals surface area contributed by atoms with Crippen molar-refractivity contribution in [2.24, 2.45) is 0 Å². The minimum absolute atomic E-state index is 0.304. The van der Waals surface area contributed by atoms with Gasteiger partial charge in [0.2, 0.25) is 0 Å². The van der Waals surface area contributed by atoms with Gasteiger partial charge in [-0.15, -0.1) is 0 Å². The first-order valence-corrected chi connectivity index (χ1v) is 7.16. The van der Waals surface area contributed by atoms with Crippen LogP contribution in [0.4, 0.5) is 0 Å². The van der Waals surface area contributed by atoms with E-state index in [1.165, 1.54) is 19.3 Å². The maximum absolute atomic E-state index is 12.7. The summed E-state index contributed by atoms with van der Waals surface area (Å²) < 4.78 is 5.90. The zero-order valence-electron chi connectivity index (χ0n) is 11.0. The van der Waals surface area contributed by atoms with Gasteiger partial charge < -0.3 is 4.74 Å². The molecule has 0 spiro atoms. The number of hydrogen-bond acceptors (Lipinski definition) is 2. The summed E-state index contributed by atoms with van der Waals surface area (Å²) >= 11 is 0. The van der Waals surface area contributed by atoms with E-state index in [1.807, 2.05) is 6.92 Å². The minimum atomic E-state index is -0.462. The molecular formula is C15H24O2. The Balaban J connectivity index is 2.14. The highest BCUT2D eigenvalue weighted by atomic mass is 16.5. The second-order valence-corrected chi connectivity index (χ2v) is 5.29. The van der Waals surface area contributed by atoms with Crippen LogP contribution in [0.2, 0.25) is 0 Å². The molecule has 1 fully saturated rings. The third kappa shape index (κ3) is 2.79. The summed E-state index contributed by atoms with van der Waals surface area (Å²) in [6.45, 7) is 2.65. The van der Waals surface area contributed by atoms with Gasteiger partial charge in [-0.2, -0.15) is 0 Å². The first kappa shape index (κ1) is 12.8. The van der Waals surface area contributed by atoms with Crippen molar-refractivity contribution < 1.29 is 9.53 Å². The molecule has 0 heterocycles. The van der Waals surface area contributed by atoms with E-state index < -0.39 is 5.60 Å². The summed E-state index contributed by atoms with van der Waals surface area (Å²) in [7, 11) is 0. The molecule has 0 aromatic rings. The quantitative estimate of drug-likeness (QED) is 0.742. The standard InChI is InChI=1S/C15H24O2/c1-2-17-15(11-7-4-8-12-15)14(16)13-9-5-3-6-10-13/h9H,2-8,10-12H2,1H3. The van der Waals surface area contributed by atoms with Crippen molar-refractivity contribution in [2.45, 2.75) is 70.3 Å². The fourth-order valence-corrected chi connectivity index (χ4v) is 3.17. The number of ketones is 1. The van der Waals surface area contributed by atoms with Crippen LogP contribution >= 0.6 is 0 Å². The van der Waals surface area contributed by atoms with Crippen LogP contribution in [0.25, 0.3) is 0 Å². The molecule has 2 rings (SSSR count). The maximum atomic E-state index is 12.7. The number of rotatable bonds is 4. The van der Waals surface area contributed by atoms with Gasteiger partial charge in [0.05, 0.1) is 0 Å². The van der Waals surface area contributed by atoms with Crippen LogP contribution in [0.3, 0.4) is 0 Å². The average molecular weight is 236 g/mol. The van der Waals surface area contributed by atoms with Crippen molar-refractivity contribution in [2.75, 3.05) is 6.61 Å². The van der Waals surface area contributed by atoms with Crippen LogP contribution in [0, 0.1) is 0 Å². The molecule has 0 unspecified atom stereocenters. The highest BCUT2D eigenvalue weighted by Gasteiger charge is 2.41. The molecule has 2 nitrogen and oxygen atoms in total. The van der Waals surface area contributed by atoms with Crippen LogP contribution in [0.15, 0.2) is 11.6 Å². The lowest BCUT2D eigenvalue weighted by atomic mass is 9.77. The van der Waals surface area contributed by atoms with E-state index in [0.717, 1.165) is 44.1 Å². The number of ether oxygens (including phenoxy) is 1. The van der Waals surface area contributed by atoms with Gasteiger partial charge in [-0.05, 0) is 51.0 Å². The van der Waals surface area contributed by atoms with Gasteiger partial charge in [-0.25, -0.2) is 0 Å². The minimum Gasteiger partial charge on any atom is -0.367 e. The zero-order valence-corrected chi connectivity index (χ0v) is 11.0. The molecule has 0 aliphatic heterocycles. The van der Waals surface area contributed by atoms with Gasteiger partial charge >= 0.3 is 0 Å². The summed E-state index contributed by atoms with van der Waals surface area (Å²) in [4.78, 5) is 12.7. The summed E-state index contributed by atoms with van der Waals surface area (Å²) in [6.07, 6.45) is 12.0. The molecule has 2 heteroatoms. The Bertz CT molecular complexity index is 293. The van der Waals surface area contributed by atoms with E-state index in [4.69, 9.17) is 4.74 Å². The second kappa shape index (κ2) is 5.81. The lowest BCUT2D eigenvalue weighted by Gasteiger charge is -2.36. The van der Waals surface area contributed by atoms with Crippen molar-refractivity contribution in [3.05, 3.63) is 11.6 Å². The van der Waals surface area contributed by atoms with Gasteiger partial charge in [0.15, 0.2) is 5.78 Å². The molecule has 2 aliphatic carbocycles. The average Bonchev–Trinajstić information content (AvgIpc) is 2.40. The second-order valence-electron chi connectivity index (χ2n) is 5.29. The molecule has 0 N–H and O–H groups in total. The van der Waals surface area contributed by atoms with Crippen molar-refractivity contribution in [3.63, 3.8) is 0 Å². The third-order valence-electron chi connectivity index (χ3n) is 4.08. The van der Waals surface area contributed by atoms with Gasteiger partial charge in [-0.3, -0.25) is 4.79 Å². The summed E-state index contributed by atoms with van der Waals surface area (Å²) in [6, 6.07) is 0. The van der Waals surface area contributed by atoms with Crippen LogP contribution in [-0.2, 0) is 9.53 Å². The van der Waals surface area contributed by atoms with Crippen molar-refractivity contribution in [3.8, 4) is 0 Å². The topological polar surface area (TPSA) is 26.3 Å². The summed E-state index contributed by atoms with van der Waals surface area (Å²) in [5.74, 6) is 0.304. The molecule has 0 radical (unpaired) electrons. The third-order valence-corrected chi connectivity index (χ3v) is 4.08. The molecule has 0 saturated heterocycles. The highest BCUT2D eigenvalue weighted by Crippen LogP contribution is 2.36. The van der Waals surface area contributed by atoms with E-state index in [-0.39, 0.29) is 0 Å². The van der Waals surface area contributed by atoms with Gasteiger partial charge in [0.1, 0.15) is 5.60 Å². The number of carbonyl (C=O) groups excluding carboxylic acids is 1. The summed E-state index contributed by atoms with van der Waals surface area (Å²) in [5.41, 5.74) is 0.586. The molecular weight excluding hydrogens is 212 g/mol. The van der Waals surface area contributed by atoms with E-state index >= 15 is 0 Å². The van der Waals surface area contributed by atoms with Gasteiger partial charge in [0, 0.05) is 6.61 Å². The Morgan fingerprint density at radius 2 is 2.00 bits per heavy atom. The van der Waals surface area contributed by atoms with Gasteiger partial charge in [-0.1, -0.05) is 25.3 Å². The van der Waals surface area contributed by atoms with Crippen molar-refractivity contribution in [1.82, 2.24) is 0 Å². The Hall–Kier alpha value is -0.630. The van der Waals surface area contributed by atoms with Crippen LogP contribution in [0.5, 0.6) is 0 Å². The molecule has 2 aliphatic rings. The first-order chi connectivity index (χ1) is 8.28. The Morgan fingerprint density at radius 1 is 1.24 bits per heavy atom. The molecule has 0 amide bonds. The smallest absolute Gasteiger partial charge is 0.190 e. The molecule has 0 aromatic carbocycles. The van der Waals surface area contributed by atoms with E-state index in [9.17, 15) is 4.79 Å². The van der Waals surface area contributed by atoms with E-state index in [2.05, 4.69) is 6.08 Å². The largest absolute Gasteiger partial charge is 0.367 e. The number of carbonyl (C=O) groups is 1. The molecule has 0 aromatic heterocycles. The van der Waals surface area contributed by atoms with Crippen molar-refractivity contribution >= 4 is 5.78 Å². The Kier molecular flexibility index (Phi) is 4.38. The fraction of sp³-hybridized carbons (Fsp3) is 0.800. The van der Waals surface area contributed by atoms with Crippen LogP contribution < -0.4 is 0 Å². The van der Waals surface area contributed by atoms with E-state index in [1.54, 1.807) is 0 Å². The lowest BCUT2D eigenvalue weighted by molar-refractivity contribution is -0.145. The highest BCUT2D eigenvalue weighted by molar-refractivity contribution is 6.02. The fourth-order valence-electron chi connectivity index (χ4n) is 3.17. The van der Waals surface area contributed by atoms with Crippen molar-refractivity contribution in [1.29, 1.82) is 0 Å². The van der Waals surface area contributed by atoms with Gasteiger partial charge in [0.25, 0.3) is 0 Å². The number of Topliss-reactive ketones (excluding diaryl/α,β-unsaturated/α-hetero) is 1. The molecule has 96 valence electrons. The monoisotopic (exact) mass is 236 g/mol. The first-order valence-electron chi connectivity index (χ1n) is 7.16. The zero-order chi connectivity index (χ0) is 12.1. The molecule has 17 heavy (non-hydrogen) atoms. The normalized spacial score (nSPS) is 24.2. The Morgan fingerprint density at radius 3 is 2.59 bits per heavy atom. The number of allylic oxidation sites excluding steroid dienone is 1. The van der Waals surface area contributed by atoms with Crippen LogP contribution in [0.1, 0.15) is 64.7 Å². The van der Waals surface area contributed by atoms with E-state index in [0.29, 0.717) is 12.4 Å².